The van der Waals surface area contributed by atoms with E-state index < -0.39 is 6.04 Å². The van der Waals surface area contributed by atoms with Gasteiger partial charge in [0.25, 0.3) is 0 Å². The van der Waals surface area contributed by atoms with E-state index in [4.69, 9.17) is 28.6 Å². The van der Waals surface area contributed by atoms with Gasteiger partial charge in [-0.25, -0.2) is 0 Å². The van der Waals surface area contributed by atoms with Gasteiger partial charge < -0.3 is 25.6 Å². The second kappa shape index (κ2) is 10.6. The summed E-state index contributed by atoms with van der Waals surface area (Å²) in [5, 5.41) is 10.2. The Kier molecular flexibility index (Phi) is 7.58. The van der Waals surface area contributed by atoms with Crippen LogP contribution < -0.4 is 20.7 Å². The molecular weight excluding hydrogens is 472 g/mol. The molecule has 2 amide bonds. The molecular formula is C25H29ClN4O3S. The maximum absolute atomic E-state index is 13.2. The van der Waals surface area contributed by atoms with Gasteiger partial charge in [0.1, 0.15) is 11.8 Å². The minimum absolute atomic E-state index is 0.00755. The number of rotatable bonds is 5. The van der Waals surface area contributed by atoms with Crippen LogP contribution in [0, 0.1) is 6.92 Å². The molecule has 0 radical (unpaired) electrons. The molecule has 1 heterocycles. The number of thiocarbonyl (C=S) groups is 1. The minimum Gasteiger partial charge on any atom is -0.495 e. The lowest BCUT2D eigenvalue weighted by Crippen LogP contribution is -2.68. The first kappa shape index (κ1) is 24.3. The van der Waals surface area contributed by atoms with Gasteiger partial charge >= 0.3 is 0 Å². The number of piperazine rings is 1. The van der Waals surface area contributed by atoms with Crippen LogP contribution in [0.1, 0.15) is 37.7 Å². The fraction of sp³-hybridized carbons (Fsp3) is 0.400. The predicted molar refractivity (Wildman–Crippen MR) is 138 cm³/mol. The molecule has 3 atom stereocenters. The number of methoxy groups -OCH3 is 1. The van der Waals surface area contributed by atoms with E-state index in [9.17, 15) is 9.59 Å². The Labute approximate surface area is 210 Å². The van der Waals surface area contributed by atoms with E-state index in [1.54, 1.807) is 19.2 Å². The summed E-state index contributed by atoms with van der Waals surface area (Å²) in [6.45, 7) is 1.89. The largest absolute Gasteiger partial charge is 0.495 e. The molecule has 2 aliphatic rings. The highest BCUT2D eigenvalue weighted by atomic mass is 35.5. The average Bonchev–Trinajstić information content (AvgIpc) is 2.82. The van der Waals surface area contributed by atoms with Crippen LogP contribution in [-0.4, -0.2) is 47.1 Å². The molecule has 2 fully saturated rings. The van der Waals surface area contributed by atoms with E-state index in [2.05, 4.69) is 16.0 Å². The Morgan fingerprint density at radius 3 is 2.74 bits per heavy atom. The van der Waals surface area contributed by atoms with Gasteiger partial charge in [-0.2, -0.15) is 0 Å². The van der Waals surface area contributed by atoms with E-state index in [1.165, 1.54) is 0 Å². The van der Waals surface area contributed by atoms with Gasteiger partial charge in [-0.1, -0.05) is 42.6 Å². The third-order valence-electron chi connectivity index (χ3n) is 6.49. The number of carbonyl (C=O) groups is 2. The van der Waals surface area contributed by atoms with Gasteiger partial charge in [-0.05, 0) is 61.8 Å². The predicted octanol–water partition coefficient (Wildman–Crippen LogP) is 4.49. The number of carbonyl (C=O) groups excluding carboxylic acids is 2. The lowest BCUT2D eigenvalue weighted by atomic mass is 9.85. The second-order valence-electron chi connectivity index (χ2n) is 8.73. The summed E-state index contributed by atoms with van der Waals surface area (Å²) < 4.78 is 5.45. The summed E-state index contributed by atoms with van der Waals surface area (Å²) in [5.41, 5.74) is 2.24. The zero-order valence-electron chi connectivity index (χ0n) is 19.3. The van der Waals surface area contributed by atoms with Crippen LogP contribution >= 0.6 is 23.8 Å². The lowest BCUT2D eigenvalue weighted by molar-refractivity contribution is -0.134. The Bertz CT molecular complexity index is 1100. The highest BCUT2D eigenvalue weighted by molar-refractivity contribution is 7.80. The molecule has 180 valence electrons. The number of para-hydroxylation sites is 2. The zero-order chi connectivity index (χ0) is 24.2. The quantitative estimate of drug-likeness (QED) is 0.524. The van der Waals surface area contributed by atoms with E-state index in [0.717, 1.165) is 31.2 Å². The second-order valence-corrected chi connectivity index (χ2v) is 9.56. The number of benzene rings is 2. The molecule has 3 N–H and O–H groups in total. The average molecular weight is 501 g/mol. The van der Waals surface area contributed by atoms with Crippen LogP contribution in [0.3, 0.4) is 0 Å². The Balaban J connectivity index is 1.58. The summed E-state index contributed by atoms with van der Waals surface area (Å²) in [7, 11) is 1.60. The molecule has 4 rings (SSSR count). The Morgan fingerprint density at radius 2 is 1.94 bits per heavy atom. The number of aryl methyl sites for hydroxylation is 1. The smallest absolute Gasteiger partial charge is 0.243 e. The minimum atomic E-state index is -0.728. The number of hydrogen-bond donors (Lipinski definition) is 3. The molecule has 1 aliphatic carbocycles. The molecule has 1 saturated heterocycles. The van der Waals surface area contributed by atoms with Crippen molar-refractivity contribution in [3.8, 4) is 5.75 Å². The number of nitrogens with zero attached hydrogens (tertiary/aromatic N) is 1. The summed E-state index contributed by atoms with van der Waals surface area (Å²) in [6, 6.07) is 12.1. The van der Waals surface area contributed by atoms with E-state index in [0.29, 0.717) is 27.3 Å². The van der Waals surface area contributed by atoms with Gasteiger partial charge in [-0.15, -0.1) is 0 Å². The van der Waals surface area contributed by atoms with Crippen LogP contribution in [0.4, 0.5) is 11.4 Å². The van der Waals surface area contributed by atoms with Crippen LogP contribution in [0.2, 0.25) is 5.02 Å². The van der Waals surface area contributed by atoms with Gasteiger partial charge in [0.2, 0.25) is 11.8 Å². The van der Waals surface area contributed by atoms with Gasteiger partial charge in [0, 0.05) is 16.8 Å². The number of halogens is 1. The topological polar surface area (TPSA) is 82.7 Å². The van der Waals surface area contributed by atoms with Crippen LogP contribution in [0.5, 0.6) is 5.75 Å². The summed E-state index contributed by atoms with van der Waals surface area (Å²) in [6.07, 6.45) is 3.86. The summed E-state index contributed by atoms with van der Waals surface area (Å²) in [4.78, 5) is 28.1. The van der Waals surface area contributed by atoms with Crippen molar-refractivity contribution in [2.45, 2.75) is 57.2 Å². The molecule has 0 aromatic heterocycles. The third-order valence-corrected chi connectivity index (χ3v) is 7.04. The van der Waals surface area contributed by atoms with E-state index in [1.807, 2.05) is 42.2 Å². The standard InChI is InChI=1S/C25H29ClN4O3S/c1-15-11-12-16(26)13-19(15)27-23(31)14-21-24(32)28-17-7-3-5-9-20(17)30(21)25(34)29-18-8-4-6-10-22(18)33-2/h4,6,8,10-13,17,20-21H,3,5,7,9,14H2,1-2H3,(H,27,31)(H,28,32)(H,29,34). The van der Waals surface area contributed by atoms with Crippen molar-refractivity contribution >= 4 is 52.1 Å². The number of ether oxygens (including phenoxy) is 1. The van der Waals surface area contributed by atoms with E-state index in [-0.39, 0.29) is 30.3 Å². The number of nitrogens with one attached hydrogen (secondary N) is 3. The molecule has 0 spiro atoms. The summed E-state index contributed by atoms with van der Waals surface area (Å²) >= 11 is 11.9. The monoisotopic (exact) mass is 500 g/mol. The maximum atomic E-state index is 13.2. The number of anilines is 2. The molecule has 1 aliphatic heterocycles. The van der Waals surface area contributed by atoms with Gasteiger partial charge in [-0.3, -0.25) is 9.59 Å². The van der Waals surface area contributed by atoms with Crippen molar-refractivity contribution < 1.29 is 14.3 Å². The van der Waals surface area contributed by atoms with Crippen molar-refractivity contribution in [2.75, 3.05) is 17.7 Å². The first-order valence-corrected chi connectivity index (χ1v) is 12.2. The highest BCUT2D eigenvalue weighted by Gasteiger charge is 2.44. The Hall–Kier alpha value is -2.84. The number of amides is 2. The summed E-state index contributed by atoms with van der Waals surface area (Å²) in [5.74, 6) is 0.187. The lowest BCUT2D eigenvalue weighted by Gasteiger charge is -2.49. The first-order chi connectivity index (χ1) is 16.4. The molecule has 34 heavy (non-hydrogen) atoms. The molecule has 9 heteroatoms. The van der Waals surface area contributed by atoms with Crippen molar-refractivity contribution in [2.24, 2.45) is 0 Å². The van der Waals surface area contributed by atoms with E-state index >= 15 is 0 Å². The molecule has 1 saturated carbocycles. The van der Waals surface area contributed by atoms with Crippen LogP contribution in [0.25, 0.3) is 0 Å². The third kappa shape index (κ3) is 5.28. The number of fused-ring (bicyclic) bond motifs is 1. The first-order valence-electron chi connectivity index (χ1n) is 11.5. The molecule has 7 nitrogen and oxygen atoms in total. The number of hydrogen-bond acceptors (Lipinski definition) is 4. The highest BCUT2D eigenvalue weighted by Crippen LogP contribution is 2.32. The van der Waals surface area contributed by atoms with Gasteiger partial charge in [0.15, 0.2) is 5.11 Å². The van der Waals surface area contributed by atoms with Crippen LogP contribution in [-0.2, 0) is 9.59 Å². The fourth-order valence-corrected chi connectivity index (χ4v) is 5.31. The molecule has 2 aromatic carbocycles. The van der Waals surface area contributed by atoms with Crippen molar-refractivity contribution in [1.82, 2.24) is 10.2 Å². The van der Waals surface area contributed by atoms with Crippen LogP contribution in [0.15, 0.2) is 42.5 Å². The normalized spacial score (nSPS) is 21.8. The zero-order valence-corrected chi connectivity index (χ0v) is 20.8. The maximum Gasteiger partial charge on any atom is 0.243 e. The van der Waals surface area contributed by atoms with Crippen molar-refractivity contribution in [3.63, 3.8) is 0 Å². The molecule has 3 unspecified atom stereocenters. The van der Waals surface area contributed by atoms with Gasteiger partial charge in [0.05, 0.1) is 25.3 Å². The fourth-order valence-electron chi connectivity index (χ4n) is 4.77. The SMILES string of the molecule is COc1ccccc1NC(=S)N1C(CC(=O)Nc2cc(Cl)ccc2C)C(=O)NC2CCCCC21. The van der Waals surface area contributed by atoms with Crippen molar-refractivity contribution in [3.05, 3.63) is 53.1 Å². The van der Waals surface area contributed by atoms with Crippen molar-refractivity contribution in [1.29, 1.82) is 0 Å². The molecule has 0 bridgehead atoms. The Morgan fingerprint density at radius 1 is 1.18 bits per heavy atom. The molecule has 2 aromatic rings.